The molecule has 0 spiro atoms. The molecule has 1 fully saturated rings. The largest absolute Gasteiger partial charge is 0.336 e. The van der Waals surface area contributed by atoms with Crippen LogP contribution in [0.1, 0.15) is 65.2 Å². The van der Waals surface area contributed by atoms with E-state index in [-0.39, 0.29) is 17.6 Å². The van der Waals surface area contributed by atoms with Crippen LogP contribution in [0.2, 0.25) is 0 Å². The lowest BCUT2D eigenvalue weighted by Crippen LogP contribution is -2.41. The second kappa shape index (κ2) is 8.28. The van der Waals surface area contributed by atoms with Gasteiger partial charge in [-0.2, -0.15) is 0 Å². The van der Waals surface area contributed by atoms with E-state index in [4.69, 9.17) is 0 Å². The molecule has 1 aliphatic rings. The van der Waals surface area contributed by atoms with Crippen molar-refractivity contribution in [2.75, 3.05) is 13.1 Å². The summed E-state index contributed by atoms with van der Waals surface area (Å²) in [5.74, 6) is -0.512. The summed E-state index contributed by atoms with van der Waals surface area (Å²) in [5.41, 5.74) is 0. The van der Waals surface area contributed by atoms with E-state index in [1.807, 2.05) is 6.92 Å². The Morgan fingerprint density at radius 3 is 2.33 bits per heavy atom. The van der Waals surface area contributed by atoms with Gasteiger partial charge < -0.3 is 4.90 Å². The molecular formula is C15H27NO2. The van der Waals surface area contributed by atoms with Crippen LogP contribution in [0.25, 0.3) is 0 Å². The van der Waals surface area contributed by atoms with Gasteiger partial charge in [0.15, 0.2) is 0 Å². The number of likely N-dealkylation sites (tertiary alicyclic amines) is 1. The molecule has 1 atom stereocenters. The third-order valence-electron chi connectivity index (χ3n) is 3.79. The van der Waals surface area contributed by atoms with E-state index in [1.165, 1.54) is 25.7 Å². The molecule has 0 bridgehead atoms. The van der Waals surface area contributed by atoms with Gasteiger partial charge >= 0.3 is 0 Å². The number of nitrogens with zero attached hydrogens (tertiary/aromatic N) is 1. The van der Waals surface area contributed by atoms with Crippen LogP contribution in [0.5, 0.6) is 0 Å². The number of amides is 1. The molecule has 3 heteroatoms. The zero-order chi connectivity index (χ0) is 13.4. The zero-order valence-electron chi connectivity index (χ0n) is 11.9. The molecule has 0 saturated carbocycles. The lowest BCUT2D eigenvalue weighted by molar-refractivity contribution is -0.147. The van der Waals surface area contributed by atoms with Crippen LogP contribution < -0.4 is 0 Å². The van der Waals surface area contributed by atoms with E-state index in [0.717, 1.165) is 38.8 Å². The molecule has 1 rings (SSSR count). The molecular weight excluding hydrogens is 226 g/mol. The summed E-state index contributed by atoms with van der Waals surface area (Å²) in [4.78, 5) is 25.8. The predicted molar refractivity (Wildman–Crippen MR) is 73.4 cm³/mol. The molecule has 0 aliphatic carbocycles. The van der Waals surface area contributed by atoms with Gasteiger partial charge in [-0.1, -0.05) is 39.5 Å². The zero-order valence-corrected chi connectivity index (χ0v) is 11.9. The number of piperidine rings is 1. The minimum atomic E-state index is -0.238. The topological polar surface area (TPSA) is 37.4 Å². The molecule has 18 heavy (non-hydrogen) atoms. The first-order chi connectivity index (χ1) is 8.66. The number of hydrogen-bond acceptors (Lipinski definition) is 2. The van der Waals surface area contributed by atoms with E-state index in [9.17, 15) is 9.59 Å². The van der Waals surface area contributed by atoms with Gasteiger partial charge in [0, 0.05) is 19.0 Å². The maximum Gasteiger partial charge on any atom is 0.290 e. The highest BCUT2D eigenvalue weighted by Gasteiger charge is 2.26. The Balaban J connectivity index is 2.30. The number of hydrogen-bond donors (Lipinski definition) is 0. The van der Waals surface area contributed by atoms with E-state index >= 15 is 0 Å². The van der Waals surface area contributed by atoms with Crippen LogP contribution in [0, 0.1) is 5.92 Å². The van der Waals surface area contributed by atoms with Gasteiger partial charge in [-0.25, -0.2) is 0 Å². The molecule has 0 aromatic carbocycles. The van der Waals surface area contributed by atoms with Crippen molar-refractivity contribution in [3.63, 3.8) is 0 Å². The first kappa shape index (κ1) is 15.2. The van der Waals surface area contributed by atoms with Crippen molar-refractivity contribution >= 4 is 11.7 Å². The summed E-state index contributed by atoms with van der Waals surface area (Å²) < 4.78 is 0. The van der Waals surface area contributed by atoms with Crippen molar-refractivity contribution < 1.29 is 9.59 Å². The SMILES string of the molecule is CCCCCCC(C)C(=O)C(=O)N1CCCCC1. The van der Waals surface area contributed by atoms with Crippen LogP contribution >= 0.6 is 0 Å². The van der Waals surface area contributed by atoms with Crippen LogP contribution in [0.4, 0.5) is 0 Å². The van der Waals surface area contributed by atoms with E-state index in [1.54, 1.807) is 4.90 Å². The van der Waals surface area contributed by atoms with Gasteiger partial charge in [-0.3, -0.25) is 9.59 Å². The van der Waals surface area contributed by atoms with Crippen LogP contribution in [0.3, 0.4) is 0 Å². The molecule has 1 unspecified atom stereocenters. The van der Waals surface area contributed by atoms with Gasteiger partial charge in [-0.15, -0.1) is 0 Å². The predicted octanol–water partition coefficient (Wildman–Crippen LogP) is 3.17. The normalized spacial score (nSPS) is 17.6. The summed E-state index contributed by atoms with van der Waals surface area (Å²) in [7, 11) is 0. The van der Waals surface area contributed by atoms with Gasteiger partial charge in [0.1, 0.15) is 0 Å². The fourth-order valence-corrected chi connectivity index (χ4v) is 2.47. The standard InChI is InChI=1S/C15H27NO2/c1-3-4-5-7-10-13(2)14(17)15(18)16-11-8-6-9-12-16/h13H,3-12H2,1-2H3. The van der Waals surface area contributed by atoms with E-state index in [2.05, 4.69) is 6.92 Å². The summed E-state index contributed by atoms with van der Waals surface area (Å²) >= 11 is 0. The summed E-state index contributed by atoms with van der Waals surface area (Å²) in [6.45, 7) is 5.62. The van der Waals surface area contributed by atoms with Crippen LogP contribution in [-0.4, -0.2) is 29.7 Å². The van der Waals surface area contributed by atoms with Crippen molar-refractivity contribution in [3.8, 4) is 0 Å². The molecule has 0 radical (unpaired) electrons. The molecule has 104 valence electrons. The molecule has 1 aliphatic heterocycles. The maximum absolute atomic E-state index is 12.0. The Hall–Kier alpha value is -0.860. The number of rotatable bonds is 7. The number of carbonyl (C=O) groups excluding carboxylic acids is 2. The Labute approximate surface area is 111 Å². The molecule has 0 N–H and O–H groups in total. The molecule has 1 heterocycles. The summed E-state index contributed by atoms with van der Waals surface area (Å²) in [5, 5.41) is 0. The van der Waals surface area contributed by atoms with E-state index in [0.29, 0.717) is 0 Å². The minimum absolute atomic E-state index is 0.101. The van der Waals surface area contributed by atoms with Gasteiger partial charge in [0.25, 0.3) is 5.91 Å². The van der Waals surface area contributed by atoms with Crippen molar-refractivity contribution in [3.05, 3.63) is 0 Å². The second-order valence-electron chi connectivity index (χ2n) is 5.47. The molecule has 1 saturated heterocycles. The smallest absolute Gasteiger partial charge is 0.290 e. The van der Waals surface area contributed by atoms with Gasteiger partial charge in [0.05, 0.1) is 0 Å². The number of Topliss-reactive ketones (excluding diaryl/α,β-unsaturated/α-hetero) is 1. The lowest BCUT2D eigenvalue weighted by atomic mass is 9.97. The van der Waals surface area contributed by atoms with Crippen molar-refractivity contribution in [1.82, 2.24) is 4.90 Å². The van der Waals surface area contributed by atoms with Crippen LogP contribution in [0.15, 0.2) is 0 Å². The summed E-state index contributed by atoms with van der Waals surface area (Å²) in [6, 6.07) is 0. The Morgan fingerprint density at radius 1 is 1.06 bits per heavy atom. The Kier molecular flexibility index (Phi) is 6.99. The minimum Gasteiger partial charge on any atom is -0.336 e. The van der Waals surface area contributed by atoms with E-state index < -0.39 is 0 Å². The Bertz CT molecular complexity index is 270. The number of ketones is 1. The Morgan fingerprint density at radius 2 is 1.72 bits per heavy atom. The first-order valence-corrected chi connectivity index (χ1v) is 7.50. The summed E-state index contributed by atoms with van der Waals surface area (Å²) in [6.07, 6.45) is 8.80. The number of unbranched alkanes of at least 4 members (excludes halogenated alkanes) is 3. The quantitative estimate of drug-likeness (QED) is 0.516. The van der Waals surface area contributed by atoms with Crippen molar-refractivity contribution in [1.29, 1.82) is 0 Å². The highest BCUT2D eigenvalue weighted by molar-refractivity contribution is 6.36. The number of carbonyl (C=O) groups is 2. The fourth-order valence-electron chi connectivity index (χ4n) is 2.47. The van der Waals surface area contributed by atoms with Gasteiger partial charge in [0.2, 0.25) is 5.78 Å². The lowest BCUT2D eigenvalue weighted by Gasteiger charge is -2.26. The molecule has 0 aromatic heterocycles. The molecule has 3 nitrogen and oxygen atoms in total. The van der Waals surface area contributed by atoms with Crippen LogP contribution in [-0.2, 0) is 9.59 Å². The van der Waals surface area contributed by atoms with Gasteiger partial charge in [-0.05, 0) is 25.7 Å². The third-order valence-corrected chi connectivity index (χ3v) is 3.79. The van der Waals surface area contributed by atoms with Crippen molar-refractivity contribution in [2.45, 2.75) is 65.2 Å². The third kappa shape index (κ3) is 4.79. The maximum atomic E-state index is 12.0. The molecule has 0 aromatic rings. The highest BCUT2D eigenvalue weighted by Crippen LogP contribution is 2.15. The van der Waals surface area contributed by atoms with Crippen molar-refractivity contribution in [2.24, 2.45) is 5.92 Å². The first-order valence-electron chi connectivity index (χ1n) is 7.50. The molecule has 1 amide bonds. The highest BCUT2D eigenvalue weighted by atomic mass is 16.2. The monoisotopic (exact) mass is 253 g/mol. The average molecular weight is 253 g/mol. The fraction of sp³-hybridized carbons (Fsp3) is 0.867. The average Bonchev–Trinajstić information content (AvgIpc) is 2.42. The second-order valence-corrected chi connectivity index (χ2v) is 5.47.